The molecule has 3 aliphatic rings. The zero-order chi connectivity index (χ0) is 20.4. The zero-order valence-corrected chi connectivity index (χ0v) is 17.8. The number of piperidine rings is 3. The smallest absolute Gasteiger partial charge is 0.313 e. The van der Waals surface area contributed by atoms with Gasteiger partial charge in [-0.25, -0.2) is 0 Å². The van der Waals surface area contributed by atoms with Crippen molar-refractivity contribution in [2.24, 2.45) is 11.8 Å². The fourth-order valence-electron chi connectivity index (χ4n) is 5.20. The molecular formula is C23H34N4O2. The third-order valence-electron chi connectivity index (χ3n) is 6.98. The highest BCUT2D eigenvalue weighted by Crippen LogP contribution is 2.30. The van der Waals surface area contributed by atoms with Crippen LogP contribution in [0.2, 0.25) is 0 Å². The summed E-state index contributed by atoms with van der Waals surface area (Å²) in [5.74, 6) is 0.388. The Morgan fingerprint density at radius 3 is 2.62 bits per heavy atom. The first kappa shape index (κ1) is 20.2. The van der Waals surface area contributed by atoms with Crippen LogP contribution in [0.15, 0.2) is 24.3 Å². The van der Waals surface area contributed by atoms with Crippen LogP contribution in [0.5, 0.6) is 0 Å². The third-order valence-corrected chi connectivity index (χ3v) is 6.98. The van der Waals surface area contributed by atoms with E-state index in [9.17, 15) is 9.59 Å². The Labute approximate surface area is 174 Å². The zero-order valence-electron chi connectivity index (χ0n) is 17.8. The van der Waals surface area contributed by atoms with E-state index in [0.717, 1.165) is 57.0 Å². The molecule has 0 radical (unpaired) electrons. The number of likely N-dealkylation sites (tertiary alicyclic amines) is 2. The van der Waals surface area contributed by atoms with Crippen LogP contribution in [0.4, 0.5) is 11.4 Å². The summed E-state index contributed by atoms with van der Waals surface area (Å²) < 4.78 is 0. The monoisotopic (exact) mass is 398 g/mol. The molecule has 1 aromatic rings. The molecule has 3 heterocycles. The van der Waals surface area contributed by atoms with Crippen LogP contribution in [0, 0.1) is 11.8 Å². The van der Waals surface area contributed by atoms with E-state index in [1.807, 2.05) is 23.1 Å². The highest BCUT2D eigenvalue weighted by molar-refractivity contribution is 6.39. The largest absolute Gasteiger partial charge is 0.371 e. The molecule has 6 heteroatoms. The Morgan fingerprint density at radius 2 is 1.83 bits per heavy atom. The van der Waals surface area contributed by atoms with Gasteiger partial charge in [-0.3, -0.25) is 9.59 Å². The van der Waals surface area contributed by atoms with Gasteiger partial charge in [-0.2, -0.15) is 0 Å². The first-order valence-corrected chi connectivity index (χ1v) is 11.2. The second-order valence-corrected chi connectivity index (χ2v) is 9.19. The number of amides is 2. The summed E-state index contributed by atoms with van der Waals surface area (Å²) in [6, 6.07) is 8.12. The molecule has 2 amide bonds. The van der Waals surface area contributed by atoms with E-state index >= 15 is 0 Å². The van der Waals surface area contributed by atoms with Crippen LogP contribution in [0.25, 0.3) is 0 Å². The molecule has 0 saturated carbocycles. The number of hydrogen-bond acceptors (Lipinski definition) is 4. The molecular weight excluding hydrogens is 364 g/mol. The van der Waals surface area contributed by atoms with Crippen molar-refractivity contribution in [3.05, 3.63) is 24.3 Å². The van der Waals surface area contributed by atoms with Gasteiger partial charge in [-0.15, -0.1) is 0 Å². The maximum Gasteiger partial charge on any atom is 0.313 e. The molecule has 4 rings (SSSR count). The molecule has 3 aliphatic heterocycles. The summed E-state index contributed by atoms with van der Waals surface area (Å²) in [6.45, 7) is 7.10. The number of hydrogen-bond donors (Lipinski definition) is 1. The summed E-state index contributed by atoms with van der Waals surface area (Å²) in [5.41, 5.74) is 1.83. The van der Waals surface area contributed by atoms with Gasteiger partial charge in [0.1, 0.15) is 0 Å². The molecule has 1 aromatic carbocycles. The lowest BCUT2D eigenvalue weighted by Crippen LogP contribution is -2.57. The van der Waals surface area contributed by atoms with Crippen molar-refractivity contribution < 1.29 is 9.59 Å². The standard InChI is InChI=1S/C23H34N4O2/c1-17-8-13-26(14-9-17)20-7-3-6-19(15-20)24-22(28)23(29)27-11-4-5-18-16-25(2)12-10-21(18)27/h3,6-7,15,17-18,21H,4-5,8-14,16H2,1-2H3,(H,24,28). The predicted octanol–water partition coefficient (Wildman–Crippen LogP) is 2.80. The number of nitrogens with one attached hydrogen (secondary N) is 1. The fourth-order valence-corrected chi connectivity index (χ4v) is 5.20. The molecule has 1 N–H and O–H groups in total. The van der Waals surface area contributed by atoms with Gasteiger partial charge < -0.3 is 20.0 Å². The van der Waals surface area contributed by atoms with Gasteiger partial charge in [0.25, 0.3) is 0 Å². The Balaban J connectivity index is 1.40. The maximum atomic E-state index is 13.0. The highest BCUT2D eigenvalue weighted by atomic mass is 16.2. The SMILES string of the molecule is CC1CCN(c2cccc(NC(=O)C(=O)N3CCCC4CN(C)CCC43)c2)CC1. The summed E-state index contributed by atoms with van der Waals surface area (Å²) in [5, 5.41) is 2.86. The lowest BCUT2D eigenvalue weighted by molar-refractivity contribution is -0.148. The van der Waals surface area contributed by atoms with Gasteiger partial charge in [0.05, 0.1) is 0 Å². The van der Waals surface area contributed by atoms with Crippen LogP contribution >= 0.6 is 0 Å². The number of carbonyl (C=O) groups is 2. The van der Waals surface area contributed by atoms with Crippen molar-refractivity contribution in [3.8, 4) is 0 Å². The van der Waals surface area contributed by atoms with E-state index in [4.69, 9.17) is 0 Å². The third kappa shape index (κ3) is 4.58. The Kier molecular flexibility index (Phi) is 6.09. The van der Waals surface area contributed by atoms with Crippen molar-refractivity contribution >= 4 is 23.2 Å². The van der Waals surface area contributed by atoms with Gasteiger partial charge in [0, 0.05) is 43.6 Å². The van der Waals surface area contributed by atoms with Crippen molar-refractivity contribution in [2.45, 2.75) is 45.1 Å². The minimum Gasteiger partial charge on any atom is -0.371 e. The predicted molar refractivity (Wildman–Crippen MR) is 116 cm³/mol. The van der Waals surface area contributed by atoms with Crippen LogP contribution < -0.4 is 10.2 Å². The summed E-state index contributed by atoms with van der Waals surface area (Å²) in [4.78, 5) is 32.2. The molecule has 0 aliphatic carbocycles. The number of anilines is 2. The molecule has 6 nitrogen and oxygen atoms in total. The summed E-state index contributed by atoms with van der Waals surface area (Å²) in [7, 11) is 2.14. The van der Waals surface area contributed by atoms with Gasteiger partial charge in [-0.1, -0.05) is 13.0 Å². The quantitative estimate of drug-likeness (QED) is 0.779. The second-order valence-electron chi connectivity index (χ2n) is 9.19. The van der Waals surface area contributed by atoms with Gasteiger partial charge in [-0.05, 0) is 75.7 Å². The Bertz CT molecular complexity index is 744. The van der Waals surface area contributed by atoms with Crippen molar-refractivity contribution in [1.82, 2.24) is 9.80 Å². The van der Waals surface area contributed by atoms with E-state index in [-0.39, 0.29) is 11.9 Å². The maximum absolute atomic E-state index is 13.0. The lowest BCUT2D eigenvalue weighted by Gasteiger charge is -2.46. The molecule has 29 heavy (non-hydrogen) atoms. The van der Waals surface area contributed by atoms with Crippen LogP contribution in [0.1, 0.15) is 39.0 Å². The molecule has 2 unspecified atom stereocenters. The van der Waals surface area contributed by atoms with Gasteiger partial charge in [0.15, 0.2) is 0 Å². The van der Waals surface area contributed by atoms with E-state index in [2.05, 4.69) is 35.2 Å². The van der Waals surface area contributed by atoms with Crippen LogP contribution in [-0.2, 0) is 9.59 Å². The van der Waals surface area contributed by atoms with Crippen LogP contribution in [0.3, 0.4) is 0 Å². The minimum absolute atomic E-state index is 0.208. The molecule has 3 fully saturated rings. The average molecular weight is 399 g/mol. The summed E-state index contributed by atoms with van der Waals surface area (Å²) in [6.07, 6.45) is 5.49. The Morgan fingerprint density at radius 1 is 1.03 bits per heavy atom. The molecule has 0 bridgehead atoms. The molecule has 3 saturated heterocycles. The van der Waals surface area contributed by atoms with Crippen molar-refractivity contribution in [2.75, 3.05) is 50.0 Å². The van der Waals surface area contributed by atoms with Crippen molar-refractivity contribution in [1.29, 1.82) is 0 Å². The molecule has 158 valence electrons. The van der Waals surface area contributed by atoms with E-state index in [1.54, 1.807) is 0 Å². The van der Waals surface area contributed by atoms with Crippen molar-refractivity contribution in [3.63, 3.8) is 0 Å². The first-order valence-electron chi connectivity index (χ1n) is 11.2. The second kappa shape index (κ2) is 8.74. The number of fused-ring (bicyclic) bond motifs is 1. The summed E-state index contributed by atoms with van der Waals surface area (Å²) >= 11 is 0. The number of rotatable bonds is 2. The average Bonchev–Trinajstić information content (AvgIpc) is 2.73. The molecule has 2 atom stereocenters. The number of benzene rings is 1. The fraction of sp³-hybridized carbons (Fsp3) is 0.652. The topological polar surface area (TPSA) is 55.9 Å². The Hall–Kier alpha value is -2.08. The molecule has 0 aromatic heterocycles. The molecule has 0 spiro atoms. The van der Waals surface area contributed by atoms with E-state index in [0.29, 0.717) is 18.2 Å². The van der Waals surface area contributed by atoms with E-state index < -0.39 is 5.91 Å². The normalized spacial score (nSPS) is 26.1. The van der Waals surface area contributed by atoms with E-state index in [1.165, 1.54) is 12.8 Å². The lowest BCUT2D eigenvalue weighted by atomic mass is 9.84. The number of carbonyl (C=O) groups excluding carboxylic acids is 2. The minimum atomic E-state index is -0.506. The van der Waals surface area contributed by atoms with Gasteiger partial charge >= 0.3 is 11.8 Å². The van der Waals surface area contributed by atoms with Gasteiger partial charge in [0.2, 0.25) is 0 Å². The number of nitrogens with zero attached hydrogens (tertiary/aromatic N) is 3. The van der Waals surface area contributed by atoms with Crippen LogP contribution in [-0.4, -0.2) is 67.4 Å². The first-order chi connectivity index (χ1) is 14.0. The highest BCUT2D eigenvalue weighted by Gasteiger charge is 2.39.